The first-order valence-corrected chi connectivity index (χ1v) is 8.47. The highest BCUT2D eigenvalue weighted by Crippen LogP contribution is 2.27. The molecule has 0 aromatic heterocycles. The Morgan fingerprint density at radius 2 is 1.54 bits per heavy atom. The minimum Gasteiger partial charge on any atom is -0.489 e. The molecule has 2 heteroatoms. The summed E-state index contributed by atoms with van der Waals surface area (Å²) in [5.41, 5.74) is 5.31. The number of para-hydroxylation sites is 1. The first-order chi connectivity index (χ1) is 11.9. The van der Waals surface area contributed by atoms with E-state index >= 15 is 0 Å². The maximum atomic E-state index is 5.96. The third-order valence-corrected chi connectivity index (χ3v) is 4.56. The molecule has 0 radical (unpaired) electrons. The normalized spacial score (nSPS) is 13.4. The number of anilines is 1. The molecule has 0 spiro atoms. The zero-order chi connectivity index (χ0) is 16.2. The first-order valence-electron chi connectivity index (χ1n) is 8.47. The minimum atomic E-state index is 0.621. The molecule has 1 aliphatic heterocycles. The van der Waals surface area contributed by atoms with Gasteiger partial charge in [-0.25, -0.2) is 0 Å². The molecule has 0 unspecified atom stereocenters. The highest BCUT2D eigenvalue weighted by Gasteiger charge is 2.17. The van der Waals surface area contributed by atoms with Crippen LogP contribution >= 0.6 is 0 Å². The lowest BCUT2D eigenvalue weighted by atomic mass is 9.99. The molecule has 3 aromatic carbocycles. The van der Waals surface area contributed by atoms with Crippen LogP contribution in [0.3, 0.4) is 0 Å². The maximum absolute atomic E-state index is 5.96. The van der Waals surface area contributed by atoms with Gasteiger partial charge < -0.3 is 9.64 Å². The molecule has 1 aliphatic rings. The summed E-state index contributed by atoms with van der Waals surface area (Å²) in [7, 11) is 0. The number of ether oxygens (including phenoxy) is 1. The largest absolute Gasteiger partial charge is 0.489 e. The van der Waals surface area contributed by atoms with Gasteiger partial charge in [0.15, 0.2) is 0 Å². The van der Waals surface area contributed by atoms with Gasteiger partial charge in [-0.15, -0.1) is 0 Å². The molecular formula is C22H21NO. The predicted molar refractivity (Wildman–Crippen MR) is 98.4 cm³/mol. The first kappa shape index (κ1) is 14.8. The molecule has 0 atom stereocenters. The molecule has 0 N–H and O–H groups in total. The van der Waals surface area contributed by atoms with Gasteiger partial charge in [-0.05, 0) is 47.4 Å². The summed E-state index contributed by atoms with van der Waals surface area (Å²) in [6.45, 7) is 2.65. The van der Waals surface area contributed by atoms with Crippen molar-refractivity contribution in [2.24, 2.45) is 0 Å². The van der Waals surface area contributed by atoms with Crippen LogP contribution in [0.15, 0.2) is 78.9 Å². The summed E-state index contributed by atoms with van der Waals surface area (Å²) >= 11 is 0. The summed E-state index contributed by atoms with van der Waals surface area (Å²) < 4.78 is 5.96. The van der Waals surface area contributed by atoms with Crippen molar-refractivity contribution >= 4 is 5.69 Å². The van der Waals surface area contributed by atoms with Gasteiger partial charge in [0.25, 0.3) is 0 Å². The van der Waals surface area contributed by atoms with Crippen LogP contribution in [-0.4, -0.2) is 6.54 Å². The number of rotatable bonds is 4. The Morgan fingerprint density at radius 3 is 2.33 bits per heavy atom. The van der Waals surface area contributed by atoms with Crippen molar-refractivity contribution in [1.82, 2.24) is 0 Å². The average Bonchev–Trinajstić information content (AvgIpc) is 2.67. The zero-order valence-corrected chi connectivity index (χ0v) is 13.7. The molecule has 0 saturated carbocycles. The molecule has 2 nitrogen and oxygen atoms in total. The fourth-order valence-electron chi connectivity index (χ4n) is 3.22. The molecule has 120 valence electrons. The summed E-state index contributed by atoms with van der Waals surface area (Å²) in [6.07, 6.45) is 1.06. The third kappa shape index (κ3) is 3.28. The van der Waals surface area contributed by atoms with Crippen LogP contribution < -0.4 is 9.64 Å². The third-order valence-electron chi connectivity index (χ3n) is 4.56. The van der Waals surface area contributed by atoms with Gasteiger partial charge in [0, 0.05) is 18.8 Å². The highest BCUT2D eigenvalue weighted by molar-refractivity contribution is 5.50. The fourth-order valence-corrected chi connectivity index (χ4v) is 3.22. The molecule has 0 aliphatic carbocycles. The molecule has 0 bridgehead atoms. The van der Waals surface area contributed by atoms with E-state index in [-0.39, 0.29) is 0 Å². The predicted octanol–water partition coefficient (Wildman–Crippen LogP) is 4.83. The lowest BCUT2D eigenvalue weighted by Crippen LogP contribution is -2.30. The van der Waals surface area contributed by atoms with Gasteiger partial charge in [0.05, 0.1) is 0 Å². The number of fused-ring (bicyclic) bond motifs is 1. The van der Waals surface area contributed by atoms with E-state index in [2.05, 4.69) is 65.6 Å². The van der Waals surface area contributed by atoms with E-state index < -0.39 is 0 Å². The second-order valence-electron chi connectivity index (χ2n) is 6.21. The van der Waals surface area contributed by atoms with Crippen molar-refractivity contribution in [3.63, 3.8) is 0 Å². The molecule has 3 aromatic rings. The minimum absolute atomic E-state index is 0.621. The van der Waals surface area contributed by atoms with Gasteiger partial charge in [0.1, 0.15) is 12.4 Å². The van der Waals surface area contributed by atoms with Crippen LogP contribution in [0.5, 0.6) is 5.75 Å². The molecule has 0 fully saturated rings. The Hall–Kier alpha value is -2.74. The Morgan fingerprint density at radius 1 is 0.792 bits per heavy atom. The molecular weight excluding hydrogens is 294 g/mol. The summed E-state index contributed by atoms with van der Waals surface area (Å²) in [5, 5.41) is 0. The molecule has 0 saturated heterocycles. The number of hydrogen-bond acceptors (Lipinski definition) is 2. The topological polar surface area (TPSA) is 12.5 Å². The number of nitrogens with zero attached hydrogens (tertiary/aromatic N) is 1. The van der Waals surface area contributed by atoms with Crippen molar-refractivity contribution in [1.29, 1.82) is 0 Å². The summed E-state index contributed by atoms with van der Waals surface area (Å²) in [6, 6.07) is 27.5. The smallest absolute Gasteiger partial charge is 0.120 e. The van der Waals surface area contributed by atoms with E-state index in [4.69, 9.17) is 4.74 Å². The van der Waals surface area contributed by atoms with Gasteiger partial charge in [-0.1, -0.05) is 54.6 Å². The lowest BCUT2D eigenvalue weighted by Gasteiger charge is -2.31. The highest BCUT2D eigenvalue weighted by atomic mass is 16.5. The van der Waals surface area contributed by atoms with Gasteiger partial charge in [-0.3, -0.25) is 0 Å². The van der Waals surface area contributed by atoms with E-state index in [0.29, 0.717) is 6.61 Å². The van der Waals surface area contributed by atoms with E-state index in [9.17, 15) is 0 Å². The lowest BCUT2D eigenvalue weighted by molar-refractivity contribution is 0.305. The summed E-state index contributed by atoms with van der Waals surface area (Å²) in [5.74, 6) is 0.964. The van der Waals surface area contributed by atoms with Crippen molar-refractivity contribution in [2.45, 2.75) is 19.6 Å². The SMILES string of the molecule is c1ccc(COc2ccc3c(c2)CCN(c2ccccc2)C3)cc1. The van der Waals surface area contributed by atoms with E-state index in [1.54, 1.807) is 0 Å². The van der Waals surface area contributed by atoms with Gasteiger partial charge in [0.2, 0.25) is 0 Å². The Balaban J connectivity index is 1.45. The van der Waals surface area contributed by atoms with E-state index in [1.165, 1.54) is 22.4 Å². The Labute approximate surface area is 143 Å². The average molecular weight is 315 g/mol. The zero-order valence-electron chi connectivity index (χ0n) is 13.7. The monoisotopic (exact) mass is 315 g/mol. The van der Waals surface area contributed by atoms with Crippen molar-refractivity contribution < 1.29 is 4.74 Å². The van der Waals surface area contributed by atoms with Gasteiger partial charge in [-0.2, -0.15) is 0 Å². The van der Waals surface area contributed by atoms with Crippen molar-refractivity contribution in [2.75, 3.05) is 11.4 Å². The number of hydrogen-bond donors (Lipinski definition) is 0. The van der Waals surface area contributed by atoms with Gasteiger partial charge >= 0.3 is 0 Å². The van der Waals surface area contributed by atoms with Crippen LogP contribution in [0.2, 0.25) is 0 Å². The molecule has 4 rings (SSSR count). The molecule has 24 heavy (non-hydrogen) atoms. The van der Waals surface area contributed by atoms with Crippen LogP contribution in [0.4, 0.5) is 5.69 Å². The number of benzene rings is 3. The molecule has 0 amide bonds. The fraction of sp³-hybridized carbons (Fsp3) is 0.182. The second kappa shape index (κ2) is 6.79. The Bertz CT molecular complexity index is 799. The van der Waals surface area contributed by atoms with Crippen LogP contribution in [-0.2, 0) is 19.6 Å². The quantitative estimate of drug-likeness (QED) is 0.684. The van der Waals surface area contributed by atoms with Crippen molar-refractivity contribution in [3.8, 4) is 5.75 Å². The second-order valence-corrected chi connectivity index (χ2v) is 6.21. The van der Waals surface area contributed by atoms with Crippen molar-refractivity contribution in [3.05, 3.63) is 95.6 Å². The standard InChI is InChI=1S/C22H21NO/c1-3-7-18(8-4-1)17-24-22-12-11-20-16-23(14-13-19(20)15-22)21-9-5-2-6-10-21/h1-12,15H,13-14,16-17H2. The van der Waals surface area contributed by atoms with E-state index in [1.807, 2.05) is 18.2 Å². The van der Waals surface area contributed by atoms with Crippen LogP contribution in [0.1, 0.15) is 16.7 Å². The van der Waals surface area contributed by atoms with Crippen LogP contribution in [0.25, 0.3) is 0 Å². The van der Waals surface area contributed by atoms with E-state index in [0.717, 1.165) is 25.3 Å². The molecule has 1 heterocycles. The maximum Gasteiger partial charge on any atom is 0.120 e. The Kier molecular flexibility index (Phi) is 4.20. The summed E-state index contributed by atoms with van der Waals surface area (Å²) in [4.78, 5) is 2.44. The van der Waals surface area contributed by atoms with Crippen LogP contribution in [0, 0.1) is 0 Å².